The van der Waals surface area contributed by atoms with Crippen molar-refractivity contribution in [3.05, 3.63) is 0 Å². The minimum Gasteiger partial charge on any atom is -0.255 e. The predicted octanol–water partition coefficient (Wildman–Crippen LogP) is 1.59. The lowest BCUT2D eigenvalue weighted by Gasteiger charge is -1.83. The van der Waals surface area contributed by atoms with Crippen LogP contribution in [0.1, 0.15) is 6.92 Å². The molecule has 0 radical (unpaired) electrons. The van der Waals surface area contributed by atoms with Crippen molar-refractivity contribution in [2.75, 3.05) is 6.54 Å². The molecule has 5 heavy (non-hydrogen) atoms. The van der Waals surface area contributed by atoms with Gasteiger partial charge < -0.3 is 0 Å². The number of hydrogen-bond acceptors (Lipinski definition) is 2. The van der Waals surface area contributed by atoms with Crippen LogP contribution in [0.25, 0.3) is 0 Å². The lowest BCUT2D eigenvalue weighted by Crippen LogP contribution is -1.95. The molecule has 0 rings (SSSR count). The molecule has 32 valence electrons. The topological polar surface area (TPSA) is 12.0 Å². The van der Waals surface area contributed by atoms with E-state index < -0.39 is 0 Å². The third kappa shape index (κ3) is 5.04. The Labute approximate surface area is 48.6 Å². The van der Waals surface area contributed by atoms with Crippen molar-refractivity contribution in [3.8, 4) is 0 Å². The average molecular weight is 203 g/mol. The van der Waals surface area contributed by atoms with Gasteiger partial charge in [-0.25, -0.2) is 0 Å². The van der Waals surface area contributed by atoms with Gasteiger partial charge in [-0.15, -0.1) is 0 Å². The molecule has 3 heteroatoms. The van der Waals surface area contributed by atoms with Crippen molar-refractivity contribution in [3.63, 3.8) is 0 Å². The van der Waals surface area contributed by atoms with Crippen LogP contribution in [0.5, 0.6) is 0 Å². The molecule has 0 saturated heterocycles. The largest absolute Gasteiger partial charge is 0.255 e. The first-order valence-electron chi connectivity index (χ1n) is 1.42. The molecule has 0 atom stereocenters. The second-order valence-electron chi connectivity index (χ2n) is 0.575. The van der Waals surface area contributed by atoms with Crippen LogP contribution in [0.3, 0.4) is 0 Å². The molecule has 0 saturated carbocycles. The van der Waals surface area contributed by atoms with E-state index in [0.29, 0.717) is 0 Å². The van der Waals surface area contributed by atoms with Crippen LogP contribution < -0.4 is 4.72 Å². The van der Waals surface area contributed by atoms with Crippen molar-refractivity contribution >= 4 is 30.3 Å². The fraction of sp³-hybridized carbons (Fsp3) is 1.00. The molecule has 0 aliphatic carbocycles. The third-order valence-electron chi connectivity index (χ3n) is 0.199. The summed E-state index contributed by atoms with van der Waals surface area (Å²) in [6, 6.07) is 0. The molecule has 1 N–H and O–H groups in total. The third-order valence-corrected chi connectivity index (χ3v) is 1.53. The van der Waals surface area contributed by atoms with Gasteiger partial charge in [-0.2, -0.15) is 0 Å². The van der Waals surface area contributed by atoms with Gasteiger partial charge in [0, 0.05) is 27.8 Å². The molecule has 0 fully saturated rings. The molecular formula is C2H6INS. The maximum Gasteiger partial charge on any atom is 0.0143 e. The van der Waals surface area contributed by atoms with E-state index in [-0.39, 0.29) is 0 Å². The number of halogens is 1. The fourth-order valence-electron chi connectivity index (χ4n) is 0.0546. The van der Waals surface area contributed by atoms with E-state index in [2.05, 4.69) is 32.9 Å². The summed E-state index contributed by atoms with van der Waals surface area (Å²) in [6.07, 6.45) is 0. The van der Waals surface area contributed by atoms with Crippen LogP contribution >= 0.6 is 30.3 Å². The van der Waals surface area contributed by atoms with E-state index in [1.807, 2.05) is 0 Å². The summed E-state index contributed by atoms with van der Waals surface area (Å²) < 4.78 is 3.01. The molecule has 0 unspecified atom stereocenters. The molecule has 0 aliphatic rings. The number of rotatable bonds is 2. The molecule has 0 aromatic carbocycles. The number of hydrogen-bond donors (Lipinski definition) is 1. The first kappa shape index (κ1) is 6.04. The monoisotopic (exact) mass is 203 g/mol. The zero-order valence-corrected chi connectivity index (χ0v) is 5.97. The first-order chi connectivity index (χ1) is 2.41. The van der Waals surface area contributed by atoms with E-state index in [9.17, 15) is 0 Å². The van der Waals surface area contributed by atoms with E-state index >= 15 is 0 Å². The highest BCUT2D eigenvalue weighted by atomic mass is 127. The van der Waals surface area contributed by atoms with Gasteiger partial charge in [-0.1, -0.05) is 6.92 Å². The van der Waals surface area contributed by atoms with E-state index in [1.54, 1.807) is 9.12 Å². The molecule has 0 bridgehead atoms. The highest BCUT2D eigenvalue weighted by Crippen LogP contribution is 2.01. The van der Waals surface area contributed by atoms with Gasteiger partial charge in [0.15, 0.2) is 0 Å². The average Bonchev–Trinajstić information content (AvgIpc) is 1.41. The highest BCUT2D eigenvalue weighted by molar-refractivity contribution is 14.2. The molecule has 1 nitrogen and oxygen atoms in total. The molecule has 0 aliphatic heterocycles. The zero-order valence-electron chi connectivity index (χ0n) is 2.99. The summed E-state index contributed by atoms with van der Waals surface area (Å²) in [5, 5.41) is 0. The molecule has 0 amide bonds. The van der Waals surface area contributed by atoms with Crippen molar-refractivity contribution in [2.24, 2.45) is 0 Å². The molecular weight excluding hydrogens is 197 g/mol. The summed E-state index contributed by atoms with van der Waals surface area (Å²) >= 11 is 2.19. The lowest BCUT2D eigenvalue weighted by atomic mass is 10.8. The Morgan fingerprint density at radius 3 is 2.60 bits per heavy atom. The summed E-state index contributed by atoms with van der Waals surface area (Å²) in [4.78, 5) is 0. The second kappa shape index (κ2) is 5.04. The van der Waals surface area contributed by atoms with Crippen LogP contribution in [0.4, 0.5) is 0 Å². The van der Waals surface area contributed by atoms with Gasteiger partial charge in [-0.3, -0.25) is 4.72 Å². The Morgan fingerprint density at radius 2 is 2.60 bits per heavy atom. The first-order valence-corrected chi connectivity index (χ1v) is 4.78. The normalized spacial score (nSPS) is 8.40. The van der Waals surface area contributed by atoms with E-state index in [1.165, 1.54) is 0 Å². The van der Waals surface area contributed by atoms with Crippen LogP contribution in [0, 0.1) is 0 Å². The lowest BCUT2D eigenvalue weighted by molar-refractivity contribution is 1.04. The second-order valence-corrected chi connectivity index (χ2v) is 2.34. The van der Waals surface area contributed by atoms with Gasteiger partial charge in [0.2, 0.25) is 0 Å². The maximum absolute atomic E-state index is 3.01. The minimum absolute atomic E-state index is 1.05. The van der Waals surface area contributed by atoms with Crippen molar-refractivity contribution < 1.29 is 0 Å². The molecule has 0 aromatic rings. The Morgan fingerprint density at radius 1 is 2.00 bits per heavy atom. The van der Waals surface area contributed by atoms with Crippen LogP contribution in [0.15, 0.2) is 0 Å². The van der Waals surface area contributed by atoms with Gasteiger partial charge in [0.05, 0.1) is 0 Å². The summed E-state index contributed by atoms with van der Waals surface area (Å²) in [6.45, 7) is 3.12. The van der Waals surface area contributed by atoms with Gasteiger partial charge in [0.25, 0.3) is 0 Å². The Kier molecular flexibility index (Phi) is 6.09. The molecule has 0 aromatic heterocycles. The zero-order chi connectivity index (χ0) is 4.12. The smallest absolute Gasteiger partial charge is 0.0143 e. The summed E-state index contributed by atoms with van der Waals surface area (Å²) in [5.74, 6) is 0. The predicted molar refractivity (Wildman–Crippen MR) is 35.3 cm³/mol. The standard InChI is InChI=1S/C2H6INS/c1-2-4-5-3/h4H,2H2,1H3. The van der Waals surface area contributed by atoms with Crippen molar-refractivity contribution in [2.45, 2.75) is 6.92 Å². The summed E-state index contributed by atoms with van der Waals surface area (Å²) in [5.41, 5.74) is 0. The quantitative estimate of drug-likeness (QED) is 0.540. The van der Waals surface area contributed by atoms with E-state index in [0.717, 1.165) is 6.54 Å². The number of nitrogens with one attached hydrogen (secondary N) is 1. The Hall–Kier alpha value is 1.04. The van der Waals surface area contributed by atoms with Crippen LogP contribution in [-0.4, -0.2) is 6.54 Å². The molecule has 0 heterocycles. The van der Waals surface area contributed by atoms with Gasteiger partial charge >= 0.3 is 0 Å². The van der Waals surface area contributed by atoms with Gasteiger partial charge in [-0.05, 0) is 9.12 Å². The Bertz CT molecular complexity index is 17.1. The van der Waals surface area contributed by atoms with Crippen LogP contribution in [0.2, 0.25) is 0 Å². The highest BCUT2D eigenvalue weighted by Gasteiger charge is 1.65. The van der Waals surface area contributed by atoms with E-state index in [4.69, 9.17) is 0 Å². The maximum atomic E-state index is 3.01. The fourth-order valence-corrected chi connectivity index (χ4v) is 1.10. The van der Waals surface area contributed by atoms with Gasteiger partial charge in [0.1, 0.15) is 0 Å². The summed E-state index contributed by atoms with van der Waals surface area (Å²) in [7, 11) is 1.62. The Balaban J connectivity index is 2.19. The molecule has 0 spiro atoms. The van der Waals surface area contributed by atoms with Crippen LogP contribution in [-0.2, 0) is 0 Å². The van der Waals surface area contributed by atoms with Crippen molar-refractivity contribution in [1.29, 1.82) is 0 Å². The SMILES string of the molecule is CCNSI. The van der Waals surface area contributed by atoms with Crippen molar-refractivity contribution in [1.82, 2.24) is 4.72 Å². The minimum atomic E-state index is 1.05.